The zero-order chi connectivity index (χ0) is 19.1. The molecule has 26 heavy (non-hydrogen) atoms. The third kappa shape index (κ3) is 5.09. The highest BCUT2D eigenvalue weighted by atomic mass is 16.5. The Bertz CT molecular complexity index is 727. The Hall–Kier alpha value is -2.82. The van der Waals surface area contributed by atoms with Crippen LogP contribution in [0, 0.1) is 5.92 Å². The lowest BCUT2D eigenvalue weighted by Crippen LogP contribution is -2.50. The van der Waals surface area contributed by atoms with Gasteiger partial charge in [0.15, 0.2) is 0 Å². The summed E-state index contributed by atoms with van der Waals surface area (Å²) in [5, 5.41) is 5.81. The maximum absolute atomic E-state index is 12.7. The molecule has 2 amide bonds. The van der Waals surface area contributed by atoms with E-state index in [0.29, 0.717) is 11.3 Å². The molecule has 138 valence electrons. The van der Waals surface area contributed by atoms with Crippen molar-refractivity contribution in [3.8, 4) is 5.75 Å². The van der Waals surface area contributed by atoms with E-state index in [1.54, 1.807) is 31.4 Å². The van der Waals surface area contributed by atoms with Crippen molar-refractivity contribution >= 4 is 11.8 Å². The Kier molecular flexibility index (Phi) is 6.78. The van der Waals surface area contributed by atoms with E-state index in [1.807, 2.05) is 51.1 Å². The number of nitrogens with one attached hydrogen (secondary N) is 2. The number of ether oxygens (including phenoxy) is 1. The number of carbonyl (C=O) groups excluding carboxylic acids is 2. The van der Waals surface area contributed by atoms with E-state index in [-0.39, 0.29) is 23.8 Å². The summed E-state index contributed by atoms with van der Waals surface area (Å²) < 4.78 is 5.10. The Morgan fingerprint density at radius 3 is 2.04 bits per heavy atom. The van der Waals surface area contributed by atoms with Gasteiger partial charge in [-0.1, -0.05) is 44.2 Å². The minimum absolute atomic E-state index is 0.0415. The average molecular weight is 354 g/mol. The first-order valence-electron chi connectivity index (χ1n) is 8.72. The van der Waals surface area contributed by atoms with Gasteiger partial charge in [0.05, 0.1) is 13.2 Å². The number of benzene rings is 2. The van der Waals surface area contributed by atoms with Crippen molar-refractivity contribution < 1.29 is 14.3 Å². The maximum atomic E-state index is 12.7. The van der Waals surface area contributed by atoms with Crippen LogP contribution in [0.5, 0.6) is 5.75 Å². The lowest BCUT2D eigenvalue weighted by atomic mass is 10.0. The quantitative estimate of drug-likeness (QED) is 0.801. The zero-order valence-electron chi connectivity index (χ0n) is 15.7. The van der Waals surface area contributed by atoms with Crippen LogP contribution in [0.15, 0.2) is 54.6 Å². The normalized spacial score (nSPS) is 13.0. The van der Waals surface area contributed by atoms with Crippen LogP contribution in [0.1, 0.15) is 42.7 Å². The first kappa shape index (κ1) is 19.5. The maximum Gasteiger partial charge on any atom is 0.251 e. The second-order valence-electron chi connectivity index (χ2n) is 6.56. The van der Waals surface area contributed by atoms with E-state index >= 15 is 0 Å². The molecule has 0 radical (unpaired) electrons. The lowest BCUT2D eigenvalue weighted by Gasteiger charge is -2.24. The summed E-state index contributed by atoms with van der Waals surface area (Å²) >= 11 is 0. The molecule has 2 aromatic rings. The fourth-order valence-corrected chi connectivity index (χ4v) is 2.63. The van der Waals surface area contributed by atoms with Gasteiger partial charge in [0.25, 0.3) is 5.91 Å². The number of hydrogen-bond donors (Lipinski definition) is 2. The molecule has 2 atom stereocenters. The van der Waals surface area contributed by atoms with E-state index in [4.69, 9.17) is 4.74 Å². The van der Waals surface area contributed by atoms with Crippen molar-refractivity contribution in [3.63, 3.8) is 0 Å². The highest BCUT2D eigenvalue weighted by Crippen LogP contribution is 2.14. The van der Waals surface area contributed by atoms with E-state index in [0.717, 1.165) is 5.56 Å². The second kappa shape index (κ2) is 9.04. The highest BCUT2D eigenvalue weighted by molar-refractivity contribution is 5.97. The summed E-state index contributed by atoms with van der Waals surface area (Å²) in [6.45, 7) is 5.74. The van der Waals surface area contributed by atoms with E-state index in [1.165, 1.54) is 0 Å². The third-order valence-electron chi connectivity index (χ3n) is 4.25. The Morgan fingerprint density at radius 2 is 1.50 bits per heavy atom. The molecule has 0 aromatic heterocycles. The monoisotopic (exact) mass is 354 g/mol. The van der Waals surface area contributed by atoms with Gasteiger partial charge < -0.3 is 15.4 Å². The first-order chi connectivity index (χ1) is 12.4. The fraction of sp³-hybridized carbons (Fsp3) is 0.333. The van der Waals surface area contributed by atoms with E-state index in [2.05, 4.69) is 10.6 Å². The molecular weight excluding hydrogens is 328 g/mol. The molecule has 0 saturated carbocycles. The number of amides is 2. The molecule has 0 aliphatic heterocycles. The van der Waals surface area contributed by atoms with Crippen LogP contribution in [-0.2, 0) is 4.79 Å². The minimum Gasteiger partial charge on any atom is -0.497 e. The molecule has 0 bridgehead atoms. The molecule has 0 unspecified atom stereocenters. The van der Waals surface area contributed by atoms with Crippen molar-refractivity contribution in [3.05, 3.63) is 65.7 Å². The number of carbonyl (C=O) groups is 2. The van der Waals surface area contributed by atoms with Crippen LogP contribution >= 0.6 is 0 Å². The highest BCUT2D eigenvalue weighted by Gasteiger charge is 2.26. The molecule has 0 aliphatic rings. The zero-order valence-corrected chi connectivity index (χ0v) is 15.7. The van der Waals surface area contributed by atoms with Crippen LogP contribution in [0.3, 0.4) is 0 Å². The predicted octanol–water partition coefficient (Wildman–Crippen LogP) is 3.33. The standard InChI is InChI=1S/C21H26N2O3/c1-14(2)19(21(25)22-15(3)16-8-6-5-7-9-16)23-20(24)17-10-12-18(26-4)13-11-17/h5-15,19H,1-4H3,(H,22,25)(H,23,24)/t15-,19-/m1/s1. The summed E-state index contributed by atoms with van der Waals surface area (Å²) in [4.78, 5) is 25.2. The third-order valence-corrected chi connectivity index (χ3v) is 4.25. The summed E-state index contributed by atoms with van der Waals surface area (Å²) in [5.41, 5.74) is 1.50. The van der Waals surface area contributed by atoms with Crippen LogP contribution in [-0.4, -0.2) is 25.0 Å². The summed E-state index contributed by atoms with van der Waals surface area (Å²) in [5.74, 6) is 0.156. The van der Waals surface area contributed by atoms with Gasteiger partial charge >= 0.3 is 0 Å². The van der Waals surface area contributed by atoms with Gasteiger partial charge in [0.2, 0.25) is 5.91 Å². The summed E-state index contributed by atoms with van der Waals surface area (Å²) in [7, 11) is 1.57. The van der Waals surface area contributed by atoms with Crippen LogP contribution in [0.2, 0.25) is 0 Å². The SMILES string of the molecule is COc1ccc(C(=O)N[C@@H](C(=O)N[C@H](C)c2ccccc2)C(C)C)cc1. The van der Waals surface area contributed by atoms with Crippen molar-refractivity contribution in [1.29, 1.82) is 0 Å². The molecule has 0 saturated heterocycles. The van der Waals surface area contributed by atoms with Crippen LogP contribution in [0.4, 0.5) is 0 Å². The molecule has 0 spiro atoms. The van der Waals surface area contributed by atoms with Gasteiger partial charge in [-0.05, 0) is 42.7 Å². The molecule has 0 aliphatic carbocycles. The smallest absolute Gasteiger partial charge is 0.251 e. The van der Waals surface area contributed by atoms with Crippen LogP contribution in [0.25, 0.3) is 0 Å². The molecule has 0 heterocycles. The predicted molar refractivity (Wildman–Crippen MR) is 102 cm³/mol. The first-order valence-corrected chi connectivity index (χ1v) is 8.72. The van der Waals surface area contributed by atoms with Gasteiger partial charge in [0.1, 0.15) is 11.8 Å². The van der Waals surface area contributed by atoms with E-state index in [9.17, 15) is 9.59 Å². The molecule has 0 fully saturated rings. The van der Waals surface area contributed by atoms with Gasteiger partial charge in [-0.15, -0.1) is 0 Å². The molecular formula is C21H26N2O3. The van der Waals surface area contributed by atoms with Crippen molar-refractivity contribution in [2.75, 3.05) is 7.11 Å². The van der Waals surface area contributed by atoms with Gasteiger partial charge in [0, 0.05) is 5.56 Å². The summed E-state index contributed by atoms with van der Waals surface area (Å²) in [6.07, 6.45) is 0. The topological polar surface area (TPSA) is 67.4 Å². The van der Waals surface area contributed by atoms with Crippen molar-refractivity contribution in [2.24, 2.45) is 5.92 Å². The minimum atomic E-state index is -0.615. The average Bonchev–Trinajstić information content (AvgIpc) is 2.66. The number of hydrogen-bond acceptors (Lipinski definition) is 3. The Labute approximate surface area is 154 Å². The molecule has 2 aromatic carbocycles. The molecule has 5 nitrogen and oxygen atoms in total. The van der Waals surface area contributed by atoms with Gasteiger partial charge in [-0.2, -0.15) is 0 Å². The molecule has 5 heteroatoms. The van der Waals surface area contributed by atoms with E-state index < -0.39 is 6.04 Å². The number of rotatable bonds is 7. The Morgan fingerprint density at radius 1 is 0.885 bits per heavy atom. The number of methoxy groups -OCH3 is 1. The largest absolute Gasteiger partial charge is 0.497 e. The fourth-order valence-electron chi connectivity index (χ4n) is 2.63. The van der Waals surface area contributed by atoms with Crippen molar-refractivity contribution in [2.45, 2.75) is 32.9 Å². The molecule has 2 N–H and O–H groups in total. The molecule has 2 rings (SSSR count). The second-order valence-corrected chi connectivity index (χ2v) is 6.56. The van der Waals surface area contributed by atoms with Crippen molar-refractivity contribution in [1.82, 2.24) is 10.6 Å². The summed E-state index contributed by atoms with van der Waals surface area (Å²) in [6, 6.07) is 15.8. The van der Waals surface area contributed by atoms with Gasteiger partial charge in [-0.25, -0.2) is 0 Å². The van der Waals surface area contributed by atoms with Crippen LogP contribution < -0.4 is 15.4 Å². The van der Waals surface area contributed by atoms with Gasteiger partial charge in [-0.3, -0.25) is 9.59 Å². The lowest BCUT2D eigenvalue weighted by molar-refractivity contribution is -0.124. The Balaban J connectivity index is 2.04.